The van der Waals surface area contributed by atoms with Crippen LogP contribution in [0.1, 0.15) is 51.0 Å². The summed E-state index contributed by atoms with van der Waals surface area (Å²) in [7, 11) is 0.113. The molecule has 6 nitrogen and oxygen atoms in total. The molecule has 3 rings (SSSR count). The van der Waals surface area contributed by atoms with E-state index in [-0.39, 0.29) is 17.7 Å². The van der Waals surface area contributed by atoms with Crippen molar-refractivity contribution in [2.45, 2.75) is 56.9 Å². The van der Waals surface area contributed by atoms with Crippen molar-refractivity contribution < 1.29 is 17.9 Å². The van der Waals surface area contributed by atoms with Gasteiger partial charge in [-0.2, -0.15) is 0 Å². The Morgan fingerprint density at radius 2 is 1.75 bits per heavy atom. The van der Waals surface area contributed by atoms with E-state index in [4.69, 9.17) is 4.74 Å². The molecule has 0 radical (unpaired) electrons. The molecule has 1 amide bonds. The normalized spacial score (nSPS) is 20.5. The van der Waals surface area contributed by atoms with Crippen LogP contribution in [0.25, 0.3) is 0 Å². The van der Waals surface area contributed by atoms with Crippen LogP contribution in [0.5, 0.6) is 5.75 Å². The van der Waals surface area contributed by atoms with E-state index in [1.807, 2.05) is 29.2 Å². The van der Waals surface area contributed by atoms with Gasteiger partial charge in [-0.3, -0.25) is 4.79 Å². The summed E-state index contributed by atoms with van der Waals surface area (Å²) in [6.07, 6.45) is 5.27. The number of amides is 1. The lowest BCUT2D eigenvalue weighted by Crippen LogP contribution is -2.52. The van der Waals surface area contributed by atoms with Crippen LogP contribution in [-0.2, 0) is 20.2 Å². The lowest BCUT2D eigenvalue weighted by molar-refractivity contribution is -0.138. The second-order valence-electron chi connectivity index (χ2n) is 7.96. The van der Waals surface area contributed by atoms with Crippen molar-refractivity contribution in [2.24, 2.45) is 0 Å². The van der Waals surface area contributed by atoms with Crippen molar-refractivity contribution in [3.05, 3.63) is 29.8 Å². The number of rotatable bonds is 6. The van der Waals surface area contributed by atoms with Gasteiger partial charge in [0.2, 0.25) is 15.9 Å². The Kier molecular flexibility index (Phi) is 6.34. The van der Waals surface area contributed by atoms with Gasteiger partial charge in [-0.15, -0.1) is 0 Å². The van der Waals surface area contributed by atoms with Crippen LogP contribution in [0.3, 0.4) is 0 Å². The van der Waals surface area contributed by atoms with E-state index in [2.05, 4.69) is 0 Å². The summed E-state index contributed by atoms with van der Waals surface area (Å²) < 4.78 is 31.1. The third kappa shape index (κ3) is 3.92. The van der Waals surface area contributed by atoms with Gasteiger partial charge in [0.15, 0.2) is 0 Å². The van der Waals surface area contributed by atoms with E-state index < -0.39 is 15.4 Å². The first kappa shape index (κ1) is 21.1. The molecule has 0 N–H and O–H groups in total. The number of hydrogen-bond acceptors (Lipinski definition) is 4. The Hall–Kier alpha value is -1.60. The van der Waals surface area contributed by atoms with Crippen LogP contribution in [0.15, 0.2) is 24.3 Å². The minimum absolute atomic E-state index is 0.0190. The lowest BCUT2D eigenvalue weighted by Gasteiger charge is -2.40. The Morgan fingerprint density at radius 1 is 1.18 bits per heavy atom. The van der Waals surface area contributed by atoms with Crippen LogP contribution < -0.4 is 4.74 Å². The molecule has 7 heteroatoms. The number of sulfonamides is 1. The van der Waals surface area contributed by atoms with Crippen molar-refractivity contribution in [2.75, 3.05) is 33.0 Å². The standard InChI is InChI=1S/C21H32N2O4S/c1-4-28(25,26)22(2)18-11-15-23(16-12-18)20(24)21(13-5-6-14-21)17-7-9-19(27-3)10-8-17/h7-10,18H,4-6,11-16H2,1-3H3. The first-order chi connectivity index (χ1) is 13.3. The Balaban J connectivity index is 1.73. The summed E-state index contributed by atoms with van der Waals surface area (Å²) in [5.74, 6) is 1.11. The SMILES string of the molecule is CCS(=O)(=O)N(C)C1CCN(C(=O)C2(c3ccc(OC)cc3)CCCC2)CC1. The lowest BCUT2D eigenvalue weighted by atomic mass is 9.77. The third-order valence-corrected chi connectivity index (χ3v) is 8.48. The highest BCUT2D eigenvalue weighted by Crippen LogP contribution is 2.43. The molecule has 0 bridgehead atoms. The van der Waals surface area contributed by atoms with Crippen molar-refractivity contribution in [3.8, 4) is 5.75 Å². The summed E-state index contributed by atoms with van der Waals surface area (Å²) >= 11 is 0. The number of piperidine rings is 1. The monoisotopic (exact) mass is 408 g/mol. The minimum Gasteiger partial charge on any atom is -0.497 e. The molecule has 1 aromatic carbocycles. The Labute approximate surface area is 168 Å². The first-order valence-corrected chi connectivity index (χ1v) is 11.8. The zero-order valence-electron chi connectivity index (χ0n) is 17.2. The number of benzene rings is 1. The molecule has 1 heterocycles. The summed E-state index contributed by atoms with van der Waals surface area (Å²) in [5, 5.41) is 0. The van der Waals surface area contributed by atoms with Gasteiger partial charge in [-0.25, -0.2) is 12.7 Å². The second kappa shape index (κ2) is 8.41. The zero-order chi connectivity index (χ0) is 20.4. The molecule has 1 aliphatic carbocycles. The van der Waals surface area contributed by atoms with Gasteiger partial charge in [-0.1, -0.05) is 25.0 Å². The number of carbonyl (C=O) groups is 1. The van der Waals surface area contributed by atoms with Gasteiger partial charge in [-0.05, 0) is 50.3 Å². The Morgan fingerprint density at radius 3 is 2.25 bits per heavy atom. The average Bonchev–Trinajstić information content (AvgIpc) is 3.24. The van der Waals surface area contributed by atoms with Gasteiger partial charge in [0.25, 0.3) is 0 Å². The molecule has 1 aliphatic heterocycles. The highest BCUT2D eigenvalue weighted by atomic mass is 32.2. The van der Waals surface area contributed by atoms with Crippen LogP contribution in [-0.4, -0.2) is 62.6 Å². The summed E-state index contributed by atoms with van der Waals surface area (Å²) in [6, 6.07) is 7.89. The predicted molar refractivity (Wildman–Crippen MR) is 110 cm³/mol. The first-order valence-electron chi connectivity index (χ1n) is 10.2. The molecule has 1 saturated carbocycles. The maximum Gasteiger partial charge on any atom is 0.233 e. The molecule has 0 aromatic heterocycles. The number of hydrogen-bond donors (Lipinski definition) is 0. The molecule has 0 spiro atoms. The molecular formula is C21H32N2O4S. The van der Waals surface area contributed by atoms with E-state index in [0.29, 0.717) is 25.9 Å². The van der Waals surface area contributed by atoms with Gasteiger partial charge in [0.1, 0.15) is 5.75 Å². The van der Waals surface area contributed by atoms with E-state index in [1.54, 1.807) is 21.1 Å². The van der Waals surface area contributed by atoms with Gasteiger partial charge >= 0.3 is 0 Å². The van der Waals surface area contributed by atoms with Crippen LogP contribution >= 0.6 is 0 Å². The molecule has 0 atom stereocenters. The number of carbonyl (C=O) groups excluding carboxylic acids is 1. The summed E-state index contributed by atoms with van der Waals surface area (Å²) in [5.41, 5.74) is 0.629. The largest absolute Gasteiger partial charge is 0.497 e. The molecule has 1 saturated heterocycles. The number of ether oxygens (including phenoxy) is 1. The minimum atomic E-state index is -3.19. The van der Waals surface area contributed by atoms with E-state index >= 15 is 0 Å². The predicted octanol–water partition coefficient (Wildman–Crippen LogP) is 2.78. The van der Waals surface area contributed by atoms with Gasteiger partial charge in [0, 0.05) is 26.2 Å². The highest BCUT2D eigenvalue weighted by molar-refractivity contribution is 7.89. The maximum absolute atomic E-state index is 13.6. The van der Waals surface area contributed by atoms with Gasteiger partial charge in [0.05, 0.1) is 18.3 Å². The fourth-order valence-electron chi connectivity index (χ4n) is 4.68. The number of methoxy groups -OCH3 is 1. The second-order valence-corrected chi connectivity index (χ2v) is 10.3. The fourth-order valence-corrected chi connectivity index (χ4v) is 5.75. The topological polar surface area (TPSA) is 66.9 Å². The average molecular weight is 409 g/mol. The van der Waals surface area contributed by atoms with E-state index in [0.717, 1.165) is 37.0 Å². The molecule has 28 heavy (non-hydrogen) atoms. The molecular weight excluding hydrogens is 376 g/mol. The van der Waals surface area contributed by atoms with Crippen LogP contribution in [0.2, 0.25) is 0 Å². The smallest absolute Gasteiger partial charge is 0.233 e. The Bertz CT molecular complexity index is 777. The highest BCUT2D eigenvalue weighted by Gasteiger charge is 2.45. The molecule has 2 aliphatic rings. The quantitative estimate of drug-likeness (QED) is 0.726. The van der Waals surface area contributed by atoms with Crippen molar-refractivity contribution in [3.63, 3.8) is 0 Å². The summed E-state index contributed by atoms with van der Waals surface area (Å²) in [6.45, 7) is 2.90. The maximum atomic E-state index is 13.6. The van der Waals surface area contributed by atoms with Crippen LogP contribution in [0, 0.1) is 0 Å². The summed E-state index contributed by atoms with van der Waals surface area (Å²) in [4.78, 5) is 15.5. The zero-order valence-corrected chi connectivity index (χ0v) is 18.0. The third-order valence-electron chi connectivity index (χ3n) is 6.58. The van der Waals surface area contributed by atoms with Crippen molar-refractivity contribution in [1.29, 1.82) is 0 Å². The molecule has 1 aromatic rings. The number of likely N-dealkylation sites (tertiary alicyclic amines) is 1. The fraction of sp³-hybridized carbons (Fsp3) is 0.667. The van der Waals surface area contributed by atoms with Crippen LogP contribution in [0.4, 0.5) is 0 Å². The molecule has 156 valence electrons. The number of nitrogens with zero attached hydrogens (tertiary/aromatic N) is 2. The van der Waals surface area contributed by atoms with Crippen molar-refractivity contribution >= 4 is 15.9 Å². The van der Waals surface area contributed by atoms with E-state index in [1.165, 1.54) is 4.31 Å². The van der Waals surface area contributed by atoms with Crippen molar-refractivity contribution in [1.82, 2.24) is 9.21 Å². The molecule has 2 fully saturated rings. The van der Waals surface area contributed by atoms with Gasteiger partial charge < -0.3 is 9.64 Å². The molecule has 0 unspecified atom stereocenters. The van der Waals surface area contributed by atoms with E-state index in [9.17, 15) is 13.2 Å².